The number of hydrogen-bond donors (Lipinski definition) is 1. The van der Waals surface area contributed by atoms with Crippen molar-refractivity contribution in [2.24, 2.45) is 0 Å². The van der Waals surface area contributed by atoms with Crippen LogP contribution < -0.4 is 5.32 Å². The molecule has 1 aliphatic heterocycles. The molecule has 0 aliphatic carbocycles. The molecule has 0 aromatic heterocycles. The standard InChI is InChI=1S/C11H13NS/c1-3-9-8(2)13-11-7-5-4-6-10(11)12-9/h3-9,12H,1H2,2H3. The number of benzene rings is 1. The molecule has 0 amide bonds. The van der Waals surface area contributed by atoms with Crippen LogP contribution >= 0.6 is 11.8 Å². The fourth-order valence-corrected chi connectivity index (χ4v) is 2.65. The van der Waals surface area contributed by atoms with Crippen LogP contribution in [0.3, 0.4) is 0 Å². The quantitative estimate of drug-likeness (QED) is 0.684. The number of anilines is 1. The van der Waals surface area contributed by atoms with Gasteiger partial charge in [-0.05, 0) is 12.1 Å². The van der Waals surface area contributed by atoms with Crippen molar-refractivity contribution in [2.45, 2.75) is 23.1 Å². The summed E-state index contributed by atoms with van der Waals surface area (Å²) in [6, 6.07) is 8.80. The average Bonchev–Trinajstić information content (AvgIpc) is 2.17. The molecular formula is C11H13NS. The maximum absolute atomic E-state index is 3.83. The molecule has 0 bridgehead atoms. The monoisotopic (exact) mass is 191 g/mol. The Labute approximate surface area is 83.2 Å². The van der Waals surface area contributed by atoms with Gasteiger partial charge >= 0.3 is 0 Å². The molecular weight excluding hydrogens is 178 g/mol. The minimum absolute atomic E-state index is 0.389. The summed E-state index contributed by atoms with van der Waals surface area (Å²) in [5.41, 5.74) is 1.23. The highest BCUT2D eigenvalue weighted by molar-refractivity contribution is 8.00. The third kappa shape index (κ3) is 1.59. The summed E-state index contributed by atoms with van der Waals surface area (Å²) < 4.78 is 0. The summed E-state index contributed by atoms with van der Waals surface area (Å²) in [7, 11) is 0. The minimum atomic E-state index is 0.389. The molecule has 1 aromatic carbocycles. The summed E-state index contributed by atoms with van der Waals surface area (Å²) in [5, 5.41) is 4.02. The van der Waals surface area contributed by atoms with Gasteiger partial charge in [-0.1, -0.05) is 25.1 Å². The Morgan fingerprint density at radius 1 is 1.46 bits per heavy atom. The van der Waals surface area contributed by atoms with Gasteiger partial charge in [0.2, 0.25) is 0 Å². The smallest absolute Gasteiger partial charge is 0.0561 e. The van der Waals surface area contributed by atoms with Crippen molar-refractivity contribution in [1.82, 2.24) is 0 Å². The maximum Gasteiger partial charge on any atom is 0.0561 e. The van der Waals surface area contributed by atoms with Crippen molar-refractivity contribution in [3.8, 4) is 0 Å². The first-order chi connectivity index (χ1) is 6.31. The van der Waals surface area contributed by atoms with Crippen molar-refractivity contribution in [2.75, 3.05) is 5.32 Å². The molecule has 1 heterocycles. The van der Waals surface area contributed by atoms with E-state index in [1.165, 1.54) is 10.6 Å². The second-order valence-corrected chi connectivity index (χ2v) is 4.64. The molecule has 2 unspecified atom stereocenters. The van der Waals surface area contributed by atoms with E-state index in [1.54, 1.807) is 0 Å². The van der Waals surface area contributed by atoms with Gasteiger partial charge in [-0.3, -0.25) is 0 Å². The summed E-state index contributed by atoms with van der Waals surface area (Å²) in [5.74, 6) is 0. The number of thioether (sulfide) groups is 1. The second-order valence-electron chi connectivity index (χ2n) is 3.22. The van der Waals surface area contributed by atoms with Gasteiger partial charge in [-0.15, -0.1) is 18.3 Å². The molecule has 2 rings (SSSR count). The molecule has 2 heteroatoms. The number of fused-ring (bicyclic) bond motifs is 1. The first kappa shape index (κ1) is 8.70. The van der Waals surface area contributed by atoms with Gasteiger partial charge in [-0.2, -0.15) is 0 Å². The topological polar surface area (TPSA) is 12.0 Å². The highest BCUT2D eigenvalue weighted by atomic mass is 32.2. The Hall–Kier alpha value is -0.890. The third-order valence-electron chi connectivity index (χ3n) is 2.28. The summed E-state index contributed by atoms with van der Waals surface area (Å²) >= 11 is 1.91. The Bertz CT molecular complexity index is 322. The lowest BCUT2D eigenvalue weighted by atomic mass is 10.2. The molecule has 0 spiro atoms. The fraction of sp³-hybridized carbons (Fsp3) is 0.273. The third-order valence-corrected chi connectivity index (χ3v) is 3.56. The van der Waals surface area contributed by atoms with Crippen LogP contribution in [0.2, 0.25) is 0 Å². The van der Waals surface area contributed by atoms with Crippen molar-refractivity contribution < 1.29 is 0 Å². The van der Waals surface area contributed by atoms with Crippen LogP contribution in [-0.2, 0) is 0 Å². The molecule has 68 valence electrons. The van der Waals surface area contributed by atoms with Gasteiger partial charge in [0.1, 0.15) is 0 Å². The van der Waals surface area contributed by atoms with E-state index in [0.717, 1.165) is 0 Å². The first-order valence-corrected chi connectivity index (χ1v) is 5.34. The summed E-state index contributed by atoms with van der Waals surface area (Å²) in [6.45, 7) is 6.05. The molecule has 13 heavy (non-hydrogen) atoms. The van der Waals surface area contributed by atoms with Gasteiger partial charge in [0.25, 0.3) is 0 Å². The normalized spacial score (nSPS) is 25.9. The molecule has 1 nitrogen and oxygen atoms in total. The predicted molar refractivity (Wildman–Crippen MR) is 59.4 cm³/mol. The molecule has 1 N–H and O–H groups in total. The molecule has 0 fully saturated rings. The van der Waals surface area contributed by atoms with Crippen LogP contribution in [0, 0.1) is 0 Å². The van der Waals surface area contributed by atoms with E-state index in [-0.39, 0.29) is 0 Å². The van der Waals surface area contributed by atoms with Crippen molar-refractivity contribution >= 4 is 17.4 Å². The summed E-state index contributed by atoms with van der Waals surface area (Å²) in [4.78, 5) is 1.34. The zero-order valence-electron chi connectivity index (χ0n) is 7.66. The van der Waals surface area contributed by atoms with Crippen LogP contribution in [-0.4, -0.2) is 11.3 Å². The van der Waals surface area contributed by atoms with E-state index in [9.17, 15) is 0 Å². The van der Waals surface area contributed by atoms with Gasteiger partial charge in [-0.25, -0.2) is 0 Å². The Morgan fingerprint density at radius 2 is 2.23 bits per heavy atom. The lowest BCUT2D eigenvalue weighted by molar-refractivity contribution is 0.837. The molecule has 0 saturated carbocycles. The first-order valence-electron chi connectivity index (χ1n) is 4.46. The number of nitrogens with one attached hydrogen (secondary N) is 1. The average molecular weight is 191 g/mol. The predicted octanol–water partition coefficient (Wildman–Crippen LogP) is 3.15. The van der Waals surface area contributed by atoms with E-state index in [1.807, 2.05) is 17.8 Å². The van der Waals surface area contributed by atoms with Gasteiger partial charge in [0.05, 0.1) is 6.04 Å². The van der Waals surface area contributed by atoms with Crippen molar-refractivity contribution in [3.63, 3.8) is 0 Å². The van der Waals surface area contributed by atoms with Crippen LogP contribution in [0.4, 0.5) is 5.69 Å². The van der Waals surface area contributed by atoms with Gasteiger partial charge in [0.15, 0.2) is 0 Å². The lowest BCUT2D eigenvalue weighted by Gasteiger charge is -2.29. The number of para-hydroxylation sites is 1. The number of hydrogen-bond acceptors (Lipinski definition) is 2. The lowest BCUT2D eigenvalue weighted by Crippen LogP contribution is -2.30. The zero-order valence-corrected chi connectivity index (χ0v) is 8.47. The molecule has 2 atom stereocenters. The van der Waals surface area contributed by atoms with E-state index in [4.69, 9.17) is 0 Å². The zero-order chi connectivity index (χ0) is 9.26. The van der Waals surface area contributed by atoms with E-state index in [0.29, 0.717) is 11.3 Å². The summed E-state index contributed by atoms with van der Waals surface area (Å²) in [6.07, 6.45) is 1.98. The minimum Gasteiger partial charge on any atom is -0.377 e. The molecule has 0 saturated heterocycles. The highest BCUT2D eigenvalue weighted by Gasteiger charge is 2.21. The van der Waals surface area contributed by atoms with Crippen molar-refractivity contribution in [3.05, 3.63) is 36.9 Å². The van der Waals surface area contributed by atoms with Crippen LogP contribution in [0.15, 0.2) is 41.8 Å². The molecule has 1 aliphatic rings. The van der Waals surface area contributed by atoms with Crippen molar-refractivity contribution in [1.29, 1.82) is 0 Å². The highest BCUT2D eigenvalue weighted by Crippen LogP contribution is 2.37. The van der Waals surface area contributed by atoms with Gasteiger partial charge in [0, 0.05) is 15.8 Å². The van der Waals surface area contributed by atoms with Gasteiger partial charge < -0.3 is 5.32 Å². The molecule has 1 aromatic rings. The second kappa shape index (κ2) is 3.46. The SMILES string of the molecule is C=CC1Nc2ccccc2SC1C. The van der Waals surface area contributed by atoms with Crippen LogP contribution in [0.1, 0.15) is 6.92 Å². The maximum atomic E-state index is 3.83. The Kier molecular flexibility index (Phi) is 2.32. The Balaban J connectivity index is 2.32. The largest absolute Gasteiger partial charge is 0.377 e. The van der Waals surface area contributed by atoms with Crippen LogP contribution in [0.5, 0.6) is 0 Å². The van der Waals surface area contributed by atoms with Crippen LogP contribution in [0.25, 0.3) is 0 Å². The van der Waals surface area contributed by atoms with E-state index in [2.05, 4.69) is 43.1 Å². The fourth-order valence-electron chi connectivity index (χ4n) is 1.51. The Morgan fingerprint density at radius 3 is 3.00 bits per heavy atom. The van der Waals surface area contributed by atoms with E-state index >= 15 is 0 Å². The van der Waals surface area contributed by atoms with E-state index < -0.39 is 0 Å². The molecule has 0 radical (unpaired) electrons. The number of rotatable bonds is 1.